The molecule has 0 radical (unpaired) electrons. The van der Waals surface area contributed by atoms with E-state index in [9.17, 15) is 9.59 Å². The number of aromatic amines is 1. The van der Waals surface area contributed by atoms with Crippen LogP contribution in [-0.4, -0.2) is 32.4 Å². The van der Waals surface area contributed by atoms with Gasteiger partial charge >= 0.3 is 0 Å². The van der Waals surface area contributed by atoms with Crippen molar-refractivity contribution < 1.29 is 14.3 Å². The molecular formula is C25H17N5O3. The molecule has 8 nitrogen and oxygen atoms in total. The van der Waals surface area contributed by atoms with Gasteiger partial charge in [-0.15, -0.1) is 0 Å². The molecular weight excluding hydrogens is 418 g/mol. The standard InChI is InChI=1S/C25H17N5O3/c31-15-19-8-7-18(13-27-19)28-25(32)24-22-11-16(6-9-23(22)29-30-24)17-10-21(14-26-12-17)33-20-4-2-1-3-5-20/h1-15H,(H,28,32)(H,29,30). The molecule has 0 saturated carbocycles. The van der Waals surface area contributed by atoms with E-state index in [0.717, 1.165) is 22.4 Å². The maximum absolute atomic E-state index is 12.8. The van der Waals surface area contributed by atoms with Gasteiger partial charge in [-0.25, -0.2) is 0 Å². The first-order valence-electron chi connectivity index (χ1n) is 10.1. The maximum atomic E-state index is 12.8. The SMILES string of the molecule is O=Cc1ccc(NC(=O)c2n[nH]c3ccc(-c4cncc(Oc5ccccc5)c4)cc23)cn1. The fourth-order valence-corrected chi connectivity index (χ4v) is 3.36. The van der Waals surface area contributed by atoms with Crippen LogP contribution in [0.4, 0.5) is 5.69 Å². The number of fused-ring (bicyclic) bond motifs is 1. The summed E-state index contributed by atoms with van der Waals surface area (Å²) in [5.74, 6) is 0.935. The minimum atomic E-state index is -0.390. The minimum Gasteiger partial charge on any atom is -0.456 e. The highest BCUT2D eigenvalue weighted by molar-refractivity contribution is 6.11. The Morgan fingerprint density at radius 2 is 1.79 bits per heavy atom. The Hall–Kier alpha value is -4.85. The van der Waals surface area contributed by atoms with E-state index in [-0.39, 0.29) is 11.4 Å². The van der Waals surface area contributed by atoms with Crippen LogP contribution in [0.2, 0.25) is 0 Å². The third-order valence-corrected chi connectivity index (χ3v) is 4.97. The smallest absolute Gasteiger partial charge is 0.276 e. The second-order valence-electron chi connectivity index (χ2n) is 7.20. The lowest BCUT2D eigenvalue weighted by Crippen LogP contribution is -2.13. The second-order valence-corrected chi connectivity index (χ2v) is 7.20. The van der Waals surface area contributed by atoms with Crippen LogP contribution in [-0.2, 0) is 0 Å². The van der Waals surface area contributed by atoms with Crippen molar-refractivity contribution >= 4 is 28.8 Å². The van der Waals surface area contributed by atoms with Crippen LogP contribution in [0.15, 0.2) is 85.3 Å². The van der Waals surface area contributed by atoms with E-state index < -0.39 is 5.91 Å². The molecule has 0 aliphatic rings. The number of rotatable bonds is 6. The van der Waals surface area contributed by atoms with Crippen molar-refractivity contribution in [3.05, 3.63) is 96.7 Å². The third kappa shape index (κ3) is 4.31. The van der Waals surface area contributed by atoms with Crippen molar-refractivity contribution in [1.82, 2.24) is 20.2 Å². The van der Waals surface area contributed by atoms with E-state index in [1.54, 1.807) is 18.5 Å². The van der Waals surface area contributed by atoms with Crippen molar-refractivity contribution in [1.29, 1.82) is 0 Å². The number of para-hydroxylation sites is 1. The van der Waals surface area contributed by atoms with Crippen LogP contribution < -0.4 is 10.1 Å². The monoisotopic (exact) mass is 435 g/mol. The number of H-pyrrole nitrogens is 1. The van der Waals surface area contributed by atoms with Crippen molar-refractivity contribution in [3.8, 4) is 22.6 Å². The molecule has 0 fully saturated rings. The maximum Gasteiger partial charge on any atom is 0.276 e. The number of carbonyl (C=O) groups excluding carboxylic acids is 2. The minimum absolute atomic E-state index is 0.246. The quantitative estimate of drug-likeness (QED) is 0.368. The fraction of sp³-hybridized carbons (Fsp3) is 0. The summed E-state index contributed by atoms with van der Waals surface area (Å²) in [5, 5.41) is 10.5. The van der Waals surface area contributed by atoms with Gasteiger partial charge in [-0.3, -0.25) is 24.7 Å². The number of nitrogens with zero attached hydrogens (tertiary/aromatic N) is 3. The molecule has 2 N–H and O–H groups in total. The number of hydrogen-bond acceptors (Lipinski definition) is 6. The normalized spacial score (nSPS) is 10.7. The first kappa shape index (κ1) is 20.1. The lowest BCUT2D eigenvalue weighted by Gasteiger charge is -2.08. The Morgan fingerprint density at radius 1 is 0.909 bits per heavy atom. The van der Waals surface area contributed by atoms with Gasteiger partial charge in [-0.05, 0) is 48.0 Å². The van der Waals surface area contributed by atoms with E-state index >= 15 is 0 Å². The second kappa shape index (κ2) is 8.72. The molecule has 0 aliphatic carbocycles. The van der Waals surface area contributed by atoms with Gasteiger partial charge in [-0.1, -0.05) is 24.3 Å². The number of anilines is 1. The first-order valence-corrected chi connectivity index (χ1v) is 10.1. The molecule has 33 heavy (non-hydrogen) atoms. The van der Waals surface area contributed by atoms with E-state index in [4.69, 9.17) is 4.74 Å². The summed E-state index contributed by atoms with van der Waals surface area (Å²) in [5.41, 5.74) is 3.43. The number of benzene rings is 2. The largest absolute Gasteiger partial charge is 0.456 e. The summed E-state index contributed by atoms with van der Waals surface area (Å²) in [7, 11) is 0. The van der Waals surface area contributed by atoms with Gasteiger partial charge in [0.1, 0.15) is 17.2 Å². The van der Waals surface area contributed by atoms with Gasteiger partial charge in [0.25, 0.3) is 5.91 Å². The Morgan fingerprint density at radius 3 is 2.58 bits per heavy atom. The number of aromatic nitrogens is 4. The van der Waals surface area contributed by atoms with Gasteiger partial charge in [0.05, 0.1) is 23.6 Å². The predicted molar refractivity (Wildman–Crippen MR) is 123 cm³/mol. The van der Waals surface area contributed by atoms with Crippen molar-refractivity contribution in [2.45, 2.75) is 0 Å². The summed E-state index contributed by atoms with van der Waals surface area (Å²) in [6.45, 7) is 0. The summed E-state index contributed by atoms with van der Waals surface area (Å²) in [6.07, 6.45) is 5.45. The topological polar surface area (TPSA) is 110 Å². The van der Waals surface area contributed by atoms with Crippen molar-refractivity contribution in [2.24, 2.45) is 0 Å². The molecule has 5 rings (SSSR count). The average Bonchev–Trinajstić information content (AvgIpc) is 3.29. The molecule has 160 valence electrons. The van der Waals surface area contributed by atoms with Crippen molar-refractivity contribution in [2.75, 3.05) is 5.32 Å². The highest BCUT2D eigenvalue weighted by atomic mass is 16.5. The molecule has 0 unspecified atom stereocenters. The molecule has 8 heteroatoms. The molecule has 3 heterocycles. The zero-order valence-corrected chi connectivity index (χ0v) is 17.2. The van der Waals surface area contributed by atoms with Gasteiger partial charge in [0.2, 0.25) is 0 Å². The molecule has 0 bridgehead atoms. The zero-order valence-electron chi connectivity index (χ0n) is 17.2. The number of nitrogens with one attached hydrogen (secondary N) is 2. The summed E-state index contributed by atoms with van der Waals surface area (Å²) >= 11 is 0. The number of aldehydes is 1. The van der Waals surface area contributed by atoms with Crippen LogP contribution in [0.25, 0.3) is 22.0 Å². The number of hydrogen-bond donors (Lipinski definition) is 2. The van der Waals surface area contributed by atoms with Gasteiger partial charge < -0.3 is 10.1 Å². The summed E-state index contributed by atoms with van der Waals surface area (Å²) in [6, 6.07) is 20.2. The Balaban J connectivity index is 1.43. The van der Waals surface area contributed by atoms with Gasteiger partial charge in [-0.2, -0.15) is 5.10 Å². The van der Waals surface area contributed by atoms with Crippen LogP contribution in [0.5, 0.6) is 11.5 Å². The molecule has 0 saturated heterocycles. The van der Waals surface area contributed by atoms with Gasteiger partial charge in [0, 0.05) is 17.1 Å². The highest BCUT2D eigenvalue weighted by Gasteiger charge is 2.16. The Bertz CT molecular complexity index is 1450. The lowest BCUT2D eigenvalue weighted by molar-refractivity contribution is 0.102. The van der Waals surface area contributed by atoms with E-state index in [1.807, 2.05) is 54.6 Å². The average molecular weight is 435 g/mol. The summed E-state index contributed by atoms with van der Waals surface area (Å²) in [4.78, 5) is 31.8. The molecule has 0 aliphatic heterocycles. The fourth-order valence-electron chi connectivity index (χ4n) is 3.36. The molecule has 5 aromatic rings. The molecule has 0 spiro atoms. The Labute approximate surface area is 188 Å². The summed E-state index contributed by atoms with van der Waals surface area (Å²) < 4.78 is 5.88. The molecule has 1 amide bonds. The van der Waals surface area contributed by atoms with Crippen LogP contribution in [0, 0.1) is 0 Å². The lowest BCUT2D eigenvalue weighted by atomic mass is 10.0. The number of ether oxygens (including phenoxy) is 1. The molecule has 2 aromatic carbocycles. The number of amides is 1. The molecule has 0 atom stereocenters. The third-order valence-electron chi connectivity index (χ3n) is 4.97. The van der Waals surface area contributed by atoms with Crippen LogP contribution in [0.1, 0.15) is 21.0 Å². The zero-order chi connectivity index (χ0) is 22.6. The van der Waals surface area contributed by atoms with E-state index in [1.165, 1.54) is 12.3 Å². The molecule has 3 aromatic heterocycles. The predicted octanol–water partition coefficient (Wildman–Crippen LogP) is 4.88. The van der Waals surface area contributed by atoms with Crippen LogP contribution >= 0.6 is 0 Å². The van der Waals surface area contributed by atoms with Gasteiger partial charge in [0.15, 0.2) is 12.0 Å². The Kier molecular flexibility index (Phi) is 5.30. The van der Waals surface area contributed by atoms with Crippen molar-refractivity contribution in [3.63, 3.8) is 0 Å². The highest BCUT2D eigenvalue weighted by Crippen LogP contribution is 2.29. The van der Waals surface area contributed by atoms with E-state index in [0.29, 0.717) is 23.1 Å². The van der Waals surface area contributed by atoms with Crippen LogP contribution in [0.3, 0.4) is 0 Å². The van der Waals surface area contributed by atoms with E-state index in [2.05, 4.69) is 25.5 Å². The first-order chi connectivity index (χ1) is 16.2. The number of carbonyl (C=O) groups is 2. The number of pyridine rings is 2.